The van der Waals surface area contributed by atoms with E-state index in [-0.39, 0.29) is 23.3 Å². The van der Waals surface area contributed by atoms with Crippen LogP contribution in [0.5, 0.6) is 0 Å². The van der Waals surface area contributed by atoms with Crippen LogP contribution in [0.1, 0.15) is 30.3 Å². The summed E-state index contributed by atoms with van der Waals surface area (Å²) in [6.45, 7) is 3.82. The van der Waals surface area contributed by atoms with Crippen molar-refractivity contribution in [2.24, 2.45) is 0 Å². The molecule has 1 aromatic carbocycles. The summed E-state index contributed by atoms with van der Waals surface area (Å²) in [4.78, 5) is 26.5. The number of benzene rings is 1. The third-order valence-corrected chi connectivity index (χ3v) is 4.14. The lowest BCUT2D eigenvalue weighted by Crippen LogP contribution is -2.38. The van der Waals surface area contributed by atoms with Crippen molar-refractivity contribution in [1.82, 2.24) is 14.7 Å². The number of amides is 1. The monoisotopic (exact) mass is 327 g/mol. The largest absolute Gasteiger partial charge is 0.376 e. The van der Waals surface area contributed by atoms with Gasteiger partial charge in [-0.25, -0.2) is 0 Å². The van der Waals surface area contributed by atoms with E-state index in [1.165, 1.54) is 16.8 Å². The highest BCUT2D eigenvalue weighted by Gasteiger charge is 2.23. The van der Waals surface area contributed by atoms with Gasteiger partial charge >= 0.3 is 0 Å². The molecule has 0 unspecified atom stereocenters. The maximum absolute atomic E-state index is 12.8. The Morgan fingerprint density at radius 3 is 2.75 bits per heavy atom. The van der Waals surface area contributed by atoms with Gasteiger partial charge in [0, 0.05) is 25.8 Å². The van der Waals surface area contributed by atoms with Crippen molar-refractivity contribution < 1.29 is 9.53 Å². The van der Waals surface area contributed by atoms with E-state index in [0.29, 0.717) is 18.8 Å². The Labute approximate surface area is 140 Å². The fourth-order valence-electron chi connectivity index (χ4n) is 2.83. The van der Waals surface area contributed by atoms with E-state index in [2.05, 4.69) is 5.10 Å². The first kappa shape index (κ1) is 16.4. The first-order chi connectivity index (χ1) is 11.7. The van der Waals surface area contributed by atoms with Crippen molar-refractivity contribution in [3.63, 3.8) is 0 Å². The molecule has 6 heteroatoms. The number of nitrogens with zero attached hydrogens (tertiary/aromatic N) is 3. The maximum atomic E-state index is 12.8. The zero-order valence-electron chi connectivity index (χ0n) is 13.7. The number of rotatable bonds is 5. The maximum Gasteiger partial charge on any atom is 0.274 e. The summed E-state index contributed by atoms with van der Waals surface area (Å²) in [6, 6.07) is 12.0. The smallest absolute Gasteiger partial charge is 0.274 e. The molecule has 0 N–H and O–H groups in total. The highest BCUT2D eigenvalue weighted by molar-refractivity contribution is 5.92. The lowest BCUT2D eigenvalue weighted by Gasteiger charge is -2.23. The molecule has 0 bridgehead atoms. The molecule has 1 aromatic heterocycles. The predicted octanol–water partition coefficient (Wildman–Crippen LogP) is 1.87. The van der Waals surface area contributed by atoms with Gasteiger partial charge in [0.1, 0.15) is 5.69 Å². The van der Waals surface area contributed by atoms with Gasteiger partial charge in [-0.1, -0.05) is 18.2 Å². The lowest BCUT2D eigenvalue weighted by molar-refractivity contribution is 0.0533. The van der Waals surface area contributed by atoms with Gasteiger partial charge in [0.15, 0.2) is 0 Å². The lowest BCUT2D eigenvalue weighted by atomic mass is 10.2. The van der Waals surface area contributed by atoms with Gasteiger partial charge in [0.25, 0.3) is 11.5 Å². The first-order valence-corrected chi connectivity index (χ1v) is 8.25. The molecule has 0 radical (unpaired) electrons. The van der Waals surface area contributed by atoms with Crippen molar-refractivity contribution in [3.05, 3.63) is 58.5 Å². The number of likely N-dealkylation sites (N-methyl/N-ethyl adjacent to an activating group) is 1. The standard InChI is InChI=1S/C18H21N3O3/c1-2-20(13-15-9-6-12-24-15)18(23)16-10-11-17(22)21(19-16)14-7-4-3-5-8-14/h3-5,7-8,10-11,15H,2,6,9,12-13H2,1H3/t15-/m0/s1. The molecule has 1 fully saturated rings. The Morgan fingerprint density at radius 2 is 2.08 bits per heavy atom. The van der Waals surface area contributed by atoms with Gasteiger partial charge in [-0.2, -0.15) is 9.78 Å². The third-order valence-electron chi connectivity index (χ3n) is 4.14. The van der Waals surface area contributed by atoms with Crippen LogP contribution in [0, 0.1) is 0 Å². The van der Waals surface area contributed by atoms with Crippen LogP contribution in [0.3, 0.4) is 0 Å². The summed E-state index contributed by atoms with van der Waals surface area (Å²) in [7, 11) is 0. The molecule has 126 valence electrons. The Kier molecular flexibility index (Phi) is 5.05. The van der Waals surface area contributed by atoms with E-state index in [9.17, 15) is 9.59 Å². The van der Waals surface area contributed by atoms with Crippen molar-refractivity contribution in [2.45, 2.75) is 25.9 Å². The van der Waals surface area contributed by atoms with Crippen LogP contribution in [0.2, 0.25) is 0 Å². The van der Waals surface area contributed by atoms with Crippen LogP contribution in [-0.2, 0) is 4.74 Å². The van der Waals surface area contributed by atoms with E-state index in [4.69, 9.17) is 4.74 Å². The molecule has 6 nitrogen and oxygen atoms in total. The number of carbonyl (C=O) groups excluding carboxylic acids is 1. The zero-order valence-corrected chi connectivity index (χ0v) is 13.7. The Bertz CT molecular complexity index is 752. The Hall–Kier alpha value is -2.47. The molecule has 0 aliphatic carbocycles. The number of para-hydroxylation sites is 1. The second-order valence-corrected chi connectivity index (χ2v) is 5.78. The van der Waals surface area contributed by atoms with E-state index < -0.39 is 0 Å². The molecule has 0 saturated carbocycles. The summed E-state index contributed by atoms with van der Waals surface area (Å²) in [5.74, 6) is -0.183. The highest BCUT2D eigenvalue weighted by atomic mass is 16.5. The van der Waals surface area contributed by atoms with Crippen molar-refractivity contribution in [1.29, 1.82) is 0 Å². The summed E-state index contributed by atoms with van der Waals surface area (Å²) in [5.41, 5.74) is 0.637. The van der Waals surface area contributed by atoms with Gasteiger partial charge in [0.05, 0.1) is 11.8 Å². The quantitative estimate of drug-likeness (QED) is 0.841. The van der Waals surface area contributed by atoms with Crippen LogP contribution >= 0.6 is 0 Å². The van der Waals surface area contributed by atoms with E-state index in [1.54, 1.807) is 17.0 Å². The predicted molar refractivity (Wildman–Crippen MR) is 90.4 cm³/mol. The molecular weight excluding hydrogens is 306 g/mol. The second kappa shape index (κ2) is 7.40. The normalized spacial score (nSPS) is 17.0. The number of hydrogen-bond acceptors (Lipinski definition) is 4. The summed E-state index contributed by atoms with van der Waals surface area (Å²) in [5, 5.41) is 4.26. The fraction of sp³-hybridized carbons (Fsp3) is 0.389. The van der Waals surface area contributed by atoms with Gasteiger partial charge in [-0.3, -0.25) is 9.59 Å². The number of ether oxygens (including phenoxy) is 1. The molecule has 2 aromatic rings. The van der Waals surface area contributed by atoms with Gasteiger partial charge in [0.2, 0.25) is 0 Å². The molecule has 1 atom stereocenters. The van der Waals surface area contributed by atoms with Crippen LogP contribution in [0.4, 0.5) is 0 Å². The molecule has 3 rings (SSSR count). The average molecular weight is 327 g/mol. The summed E-state index contributed by atoms with van der Waals surface area (Å²) in [6.07, 6.45) is 2.10. The van der Waals surface area contributed by atoms with E-state index in [1.807, 2.05) is 25.1 Å². The second-order valence-electron chi connectivity index (χ2n) is 5.78. The van der Waals surface area contributed by atoms with Crippen LogP contribution in [0.25, 0.3) is 5.69 Å². The van der Waals surface area contributed by atoms with Crippen molar-refractivity contribution in [3.8, 4) is 5.69 Å². The van der Waals surface area contributed by atoms with Crippen LogP contribution in [0.15, 0.2) is 47.3 Å². The zero-order chi connectivity index (χ0) is 16.9. The van der Waals surface area contributed by atoms with Gasteiger partial charge in [-0.15, -0.1) is 0 Å². The minimum atomic E-state index is -0.264. The fourth-order valence-corrected chi connectivity index (χ4v) is 2.83. The molecule has 2 heterocycles. The molecule has 1 aliphatic heterocycles. The summed E-state index contributed by atoms with van der Waals surface area (Å²) < 4.78 is 6.87. The van der Waals surface area contributed by atoms with Crippen molar-refractivity contribution >= 4 is 5.91 Å². The third kappa shape index (κ3) is 3.54. The molecule has 0 spiro atoms. The highest BCUT2D eigenvalue weighted by Crippen LogP contribution is 2.14. The van der Waals surface area contributed by atoms with Gasteiger partial charge in [-0.05, 0) is 38.0 Å². The number of hydrogen-bond donors (Lipinski definition) is 0. The van der Waals surface area contributed by atoms with Crippen LogP contribution < -0.4 is 5.56 Å². The van der Waals surface area contributed by atoms with Gasteiger partial charge < -0.3 is 9.64 Å². The first-order valence-electron chi connectivity index (χ1n) is 8.25. The minimum absolute atomic E-state index is 0.0916. The van der Waals surface area contributed by atoms with E-state index >= 15 is 0 Å². The Balaban J connectivity index is 1.85. The number of aromatic nitrogens is 2. The summed E-state index contributed by atoms with van der Waals surface area (Å²) >= 11 is 0. The molecule has 1 aliphatic rings. The molecule has 1 saturated heterocycles. The number of carbonyl (C=O) groups is 1. The topological polar surface area (TPSA) is 64.4 Å². The minimum Gasteiger partial charge on any atom is -0.376 e. The van der Waals surface area contributed by atoms with Crippen LogP contribution in [-0.4, -0.2) is 46.4 Å². The van der Waals surface area contributed by atoms with Crippen molar-refractivity contribution in [2.75, 3.05) is 19.7 Å². The molecular formula is C18H21N3O3. The molecule has 24 heavy (non-hydrogen) atoms. The molecule has 1 amide bonds. The van der Waals surface area contributed by atoms with E-state index in [0.717, 1.165) is 19.4 Å². The average Bonchev–Trinajstić information content (AvgIpc) is 3.13. The SMILES string of the molecule is CCN(C[C@@H]1CCCO1)C(=O)c1ccc(=O)n(-c2ccccc2)n1. The Morgan fingerprint density at radius 1 is 1.29 bits per heavy atom.